The van der Waals surface area contributed by atoms with E-state index in [9.17, 15) is 14.4 Å². The molecule has 1 aromatic carbocycles. The van der Waals surface area contributed by atoms with Crippen molar-refractivity contribution >= 4 is 17.6 Å². The van der Waals surface area contributed by atoms with Crippen molar-refractivity contribution in [3.05, 3.63) is 47.3 Å². The Kier molecular flexibility index (Phi) is 6.04. The van der Waals surface area contributed by atoms with Crippen LogP contribution in [0.2, 0.25) is 0 Å². The molecule has 1 saturated heterocycles. The Morgan fingerprint density at radius 1 is 1.25 bits per heavy atom. The van der Waals surface area contributed by atoms with Gasteiger partial charge in [0.25, 0.3) is 0 Å². The number of likely N-dealkylation sites (tertiary alicyclic amines) is 1. The van der Waals surface area contributed by atoms with Gasteiger partial charge in [0.1, 0.15) is 17.4 Å². The number of amides is 2. The van der Waals surface area contributed by atoms with E-state index < -0.39 is 11.6 Å². The molecule has 0 unspecified atom stereocenters. The zero-order valence-corrected chi connectivity index (χ0v) is 18.9. The predicted octanol–water partition coefficient (Wildman–Crippen LogP) is 2.42. The van der Waals surface area contributed by atoms with Crippen molar-refractivity contribution in [1.82, 2.24) is 20.0 Å². The average molecular weight is 439 g/mol. The number of Topliss-reactive ketones (excluding diaryl/α,β-unsaturated/α-hetero) is 1. The molecule has 1 fully saturated rings. The highest BCUT2D eigenvalue weighted by Gasteiger charge is 2.44. The second-order valence-corrected chi connectivity index (χ2v) is 8.84. The van der Waals surface area contributed by atoms with Crippen LogP contribution in [-0.4, -0.2) is 57.0 Å². The van der Waals surface area contributed by atoms with Gasteiger partial charge in [0.15, 0.2) is 5.78 Å². The van der Waals surface area contributed by atoms with Crippen LogP contribution < -0.4 is 10.1 Å². The lowest BCUT2D eigenvalue weighted by atomic mass is 9.84. The number of nitrogens with one attached hydrogen (secondary N) is 1. The first-order valence-electron chi connectivity index (χ1n) is 11.2. The van der Waals surface area contributed by atoms with Crippen LogP contribution in [0.15, 0.2) is 30.3 Å². The summed E-state index contributed by atoms with van der Waals surface area (Å²) in [5, 5.41) is 7.31. The number of para-hydroxylation sites is 1. The third-order valence-corrected chi connectivity index (χ3v) is 6.49. The molecule has 4 rings (SSSR count). The van der Waals surface area contributed by atoms with Crippen LogP contribution in [0.3, 0.4) is 0 Å². The predicted molar refractivity (Wildman–Crippen MR) is 118 cm³/mol. The van der Waals surface area contributed by atoms with Crippen molar-refractivity contribution in [3.8, 4) is 5.75 Å². The number of rotatable bonds is 5. The fourth-order valence-corrected chi connectivity index (χ4v) is 4.66. The Hall–Kier alpha value is -3.16. The first kappa shape index (κ1) is 22.0. The minimum Gasteiger partial charge on any atom is -0.486 e. The number of aryl methyl sites for hydroxylation is 2. The topological polar surface area (TPSA) is 93.5 Å². The van der Waals surface area contributed by atoms with Crippen molar-refractivity contribution in [2.45, 2.75) is 64.6 Å². The quantitative estimate of drug-likeness (QED) is 0.774. The van der Waals surface area contributed by atoms with E-state index in [1.165, 1.54) is 0 Å². The van der Waals surface area contributed by atoms with Crippen LogP contribution in [0.25, 0.3) is 0 Å². The summed E-state index contributed by atoms with van der Waals surface area (Å²) in [6, 6.07) is 8.65. The van der Waals surface area contributed by atoms with Crippen LogP contribution in [-0.2, 0) is 16.1 Å². The van der Waals surface area contributed by atoms with Gasteiger partial charge in [-0.2, -0.15) is 5.10 Å². The van der Waals surface area contributed by atoms with Gasteiger partial charge in [-0.25, -0.2) is 0 Å². The Labute approximate surface area is 187 Å². The molecule has 2 amide bonds. The molecular formula is C24H30N4O4. The molecule has 8 nitrogen and oxygen atoms in total. The van der Waals surface area contributed by atoms with E-state index in [-0.39, 0.29) is 30.4 Å². The van der Waals surface area contributed by atoms with Crippen molar-refractivity contribution in [3.63, 3.8) is 0 Å². The molecule has 3 heterocycles. The smallest absolute Gasteiger partial charge is 0.242 e. The maximum Gasteiger partial charge on any atom is 0.242 e. The number of nitrogens with zero attached hydrogens (tertiary/aromatic N) is 3. The Balaban J connectivity index is 1.37. The zero-order chi connectivity index (χ0) is 22.9. The molecule has 1 spiro atoms. The van der Waals surface area contributed by atoms with Gasteiger partial charge in [0.2, 0.25) is 11.8 Å². The van der Waals surface area contributed by atoms with E-state index in [0.29, 0.717) is 43.8 Å². The van der Waals surface area contributed by atoms with E-state index in [0.717, 1.165) is 11.4 Å². The standard InChI is InChI=1S/C24H30N4O4/c1-16-14-17(2)28(26-16)13-11-25-23(31)18(3)27-12-10-24(9-8-22(27)30)15-20(29)19-6-4-5-7-21(19)32-24/h4-7,14,18H,8-13,15H2,1-3H3,(H,25,31)/t18-,24-/m1/s1. The lowest BCUT2D eigenvalue weighted by Crippen LogP contribution is -2.49. The van der Waals surface area contributed by atoms with Crippen LogP contribution in [0.1, 0.15) is 54.4 Å². The van der Waals surface area contributed by atoms with Crippen molar-refractivity contribution in [2.75, 3.05) is 13.1 Å². The van der Waals surface area contributed by atoms with Gasteiger partial charge in [0.05, 0.1) is 24.2 Å². The van der Waals surface area contributed by atoms with Crippen molar-refractivity contribution in [2.24, 2.45) is 0 Å². The fraction of sp³-hybridized carbons (Fsp3) is 0.500. The monoisotopic (exact) mass is 438 g/mol. The van der Waals surface area contributed by atoms with Gasteiger partial charge < -0.3 is 15.0 Å². The number of fused-ring (bicyclic) bond motifs is 1. The average Bonchev–Trinajstić information content (AvgIpc) is 3.00. The Morgan fingerprint density at radius 2 is 2.03 bits per heavy atom. The summed E-state index contributed by atoms with van der Waals surface area (Å²) in [5.41, 5.74) is 1.89. The van der Waals surface area contributed by atoms with Gasteiger partial charge in [0, 0.05) is 31.6 Å². The van der Waals surface area contributed by atoms with E-state index in [1.54, 1.807) is 24.0 Å². The molecule has 32 heavy (non-hydrogen) atoms. The normalized spacial score (nSPS) is 21.7. The van der Waals surface area contributed by atoms with Crippen LogP contribution in [0.4, 0.5) is 0 Å². The fourth-order valence-electron chi connectivity index (χ4n) is 4.66. The number of carbonyl (C=O) groups is 3. The second kappa shape index (κ2) is 8.76. The van der Waals surface area contributed by atoms with Crippen LogP contribution in [0.5, 0.6) is 5.75 Å². The number of hydrogen-bond donors (Lipinski definition) is 1. The SMILES string of the molecule is Cc1cc(C)n(CCNC(=O)[C@@H](C)N2CC[C@]3(CCC2=O)CC(=O)c2ccccc2O3)n1. The van der Waals surface area contributed by atoms with Gasteiger partial charge in [-0.3, -0.25) is 19.1 Å². The minimum absolute atomic E-state index is 0.0442. The number of ketones is 1. The number of ether oxygens (including phenoxy) is 1. The summed E-state index contributed by atoms with van der Waals surface area (Å²) in [6.07, 6.45) is 1.49. The van der Waals surface area contributed by atoms with Gasteiger partial charge in [-0.05, 0) is 45.4 Å². The van der Waals surface area contributed by atoms with E-state index in [2.05, 4.69) is 10.4 Å². The van der Waals surface area contributed by atoms with Crippen LogP contribution in [0, 0.1) is 13.8 Å². The van der Waals surface area contributed by atoms with E-state index >= 15 is 0 Å². The zero-order valence-electron chi connectivity index (χ0n) is 18.9. The minimum atomic E-state index is -0.693. The molecule has 2 aliphatic rings. The molecule has 0 aliphatic carbocycles. The highest BCUT2D eigenvalue weighted by molar-refractivity contribution is 6.00. The number of benzene rings is 1. The molecule has 2 aliphatic heterocycles. The maximum absolute atomic E-state index is 12.8. The molecule has 0 bridgehead atoms. The Morgan fingerprint density at radius 3 is 2.78 bits per heavy atom. The molecule has 0 saturated carbocycles. The molecule has 0 radical (unpaired) electrons. The number of aromatic nitrogens is 2. The molecule has 1 aromatic heterocycles. The third-order valence-electron chi connectivity index (χ3n) is 6.49. The summed E-state index contributed by atoms with van der Waals surface area (Å²) in [7, 11) is 0. The molecule has 2 atom stereocenters. The Bertz CT molecular complexity index is 1050. The van der Waals surface area contributed by atoms with E-state index in [4.69, 9.17) is 4.74 Å². The van der Waals surface area contributed by atoms with Gasteiger partial charge in [-0.1, -0.05) is 12.1 Å². The maximum atomic E-state index is 12.8. The van der Waals surface area contributed by atoms with Gasteiger partial charge >= 0.3 is 0 Å². The molecular weight excluding hydrogens is 408 g/mol. The summed E-state index contributed by atoms with van der Waals surface area (Å²) < 4.78 is 8.12. The first-order chi connectivity index (χ1) is 15.3. The summed E-state index contributed by atoms with van der Waals surface area (Å²) >= 11 is 0. The van der Waals surface area contributed by atoms with Crippen molar-refractivity contribution in [1.29, 1.82) is 0 Å². The molecule has 8 heteroatoms. The lowest BCUT2D eigenvalue weighted by molar-refractivity contribution is -0.139. The summed E-state index contributed by atoms with van der Waals surface area (Å²) in [5.74, 6) is 0.349. The van der Waals surface area contributed by atoms with Crippen LogP contribution >= 0.6 is 0 Å². The van der Waals surface area contributed by atoms with Crippen molar-refractivity contribution < 1.29 is 19.1 Å². The summed E-state index contributed by atoms with van der Waals surface area (Å²) in [6.45, 7) is 7.05. The number of hydrogen-bond acceptors (Lipinski definition) is 5. The first-order valence-corrected chi connectivity index (χ1v) is 11.2. The highest BCUT2D eigenvalue weighted by Crippen LogP contribution is 2.39. The summed E-state index contributed by atoms with van der Waals surface area (Å²) in [4.78, 5) is 39.9. The van der Waals surface area contributed by atoms with Gasteiger partial charge in [-0.15, -0.1) is 0 Å². The second-order valence-electron chi connectivity index (χ2n) is 8.84. The van der Waals surface area contributed by atoms with E-state index in [1.807, 2.05) is 36.7 Å². The highest BCUT2D eigenvalue weighted by atomic mass is 16.5. The molecule has 2 aromatic rings. The lowest BCUT2D eigenvalue weighted by Gasteiger charge is -2.37. The third kappa shape index (κ3) is 4.40. The number of carbonyl (C=O) groups excluding carboxylic acids is 3. The largest absolute Gasteiger partial charge is 0.486 e. The molecule has 1 N–H and O–H groups in total. The molecule has 170 valence electrons.